The topological polar surface area (TPSA) is 0 Å². The van der Waals surface area contributed by atoms with Crippen molar-refractivity contribution in [3.05, 3.63) is 0 Å². The second-order valence-electron chi connectivity index (χ2n) is 0. The molecule has 0 aliphatic rings. The molecule has 12 valence electrons. The molecule has 0 heterocycles. The van der Waals surface area contributed by atoms with E-state index in [1.165, 1.54) is 0 Å². The van der Waals surface area contributed by atoms with Gasteiger partial charge in [0.25, 0.3) is 0 Å². The van der Waals surface area contributed by atoms with Crippen molar-refractivity contribution in [2.45, 2.75) is 0 Å². The van der Waals surface area contributed by atoms with Crippen molar-refractivity contribution >= 4 is 164 Å². The molecule has 0 saturated carbocycles. The Labute approximate surface area is 158 Å². The zero-order valence-corrected chi connectivity index (χ0v) is 0. The third kappa shape index (κ3) is 10.4. The predicted molar refractivity (Wildman–Crippen MR) is 31.4 cm³/mol. The van der Waals surface area contributed by atoms with Gasteiger partial charge >= 0.3 is 164 Å². The average molecular weight is 196 g/mol. The first-order valence-electron chi connectivity index (χ1n) is 0. The van der Waals surface area contributed by atoms with Gasteiger partial charge in [-0.2, -0.15) is 0 Å². The number of hydrogen-bond donors (Lipinski definition) is 0. The molecule has 0 aromatic carbocycles. The summed E-state index contributed by atoms with van der Waals surface area (Å²) in [5, 5.41) is 0. The van der Waals surface area contributed by atoms with Crippen molar-refractivity contribution in [2.24, 2.45) is 0 Å². The van der Waals surface area contributed by atoms with E-state index in [1.54, 1.807) is 0 Å². The van der Waals surface area contributed by atoms with E-state index in [2.05, 4.69) is 0 Å². The summed E-state index contributed by atoms with van der Waals surface area (Å²) in [4.78, 5) is 0. The van der Waals surface area contributed by atoms with Gasteiger partial charge in [-0.25, -0.2) is 0 Å². The molecule has 0 N–H and O–H groups in total. The van der Waals surface area contributed by atoms with Crippen molar-refractivity contribution < 1.29 is 0 Å². The van der Waals surface area contributed by atoms with Gasteiger partial charge in [0.15, 0.2) is 0 Å². The van der Waals surface area contributed by atoms with Crippen LogP contribution < -0.4 is 0 Å². The van der Waals surface area contributed by atoms with Crippen molar-refractivity contribution in [2.75, 3.05) is 0 Å². The third-order valence-electron chi connectivity index (χ3n) is 0. The van der Waals surface area contributed by atoms with E-state index in [9.17, 15) is 0 Å². The summed E-state index contributed by atoms with van der Waals surface area (Å²) in [5.74, 6) is 0. The Bertz CT molecular complexity index is 8.00. The molecule has 0 unspecified atom stereocenters. The van der Waals surface area contributed by atoms with E-state index in [0.29, 0.717) is 0 Å². The van der Waals surface area contributed by atoms with Crippen LogP contribution in [0, 0.1) is 0 Å². The molecule has 0 atom stereocenters. The SMILES string of the molecule is [CaH2].[KH].[NaH].[SrH2]. The summed E-state index contributed by atoms with van der Waals surface area (Å²) < 4.78 is 0. The summed E-state index contributed by atoms with van der Waals surface area (Å²) in [5.41, 5.74) is 0. The first-order chi connectivity index (χ1) is 0. The quantitative estimate of drug-likeness (QED) is 0.359. The van der Waals surface area contributed by atoms with Crippen LogP contribution in [0.15, 0.2) is 0 Å². The Morgan fingerprint density at radius 3 is 1.00 bits per heavy atom. The summed E-state index contributed by atoms with van der Waals surface area (Å²) in [7, 11) is 0. The van der Waals surface area contributed by atoms with Gasteiger partial charge in [0, 0.05) is 0 Å². The van der Waals surface area contributed by atoms with Crippen LogP contribution >= 0.6 is 0 Å². The van der Waals surface area contributed by atoms with Gasteiger partial charge in [-0.15, -0.1) is 0 Å². The molecular weight excluding hydrogens is 190 g/mol. The minimum atomic E-state index is 0. The van der Waals surface area contributed by atoms with Crippen LogP contribution in [-0.2, 0) is 0 Å². The Hall–Kier alpha value is 5.38. The minimum absolute atomic E-state index is 0. The Kier molecular flexibility index (Phi) is 89.7. The Balaban J connectivity index is 0. The van der Waals surface area contributed by atoms with E-state index < -0.39 is 0 Å². The zero-order valence-electron chi connectivity index (χ0n) is 0. The second-order valence-corrected chi connectivity index (χ2v) is 0. The molecular formula is H6CaKNaSr. The first kappa shape index (κ1) is 22.8. The van der Waals surface area contributed by atoms with Gasteiger partial charge < -0.3 is 0 Å². The molecule has 4 heteroatoms. The average Bonchev–Trinajstić information content (AvgIpc) is 0. The fourth-order valence-corrected chi connectivity index (χ4v) is 0. The maximum atomic E-state index is 0. The van der Waals surface area contributed by atoms with Gasteiger partial charge in [0.1, 0.15) is 0 Å². The fourth-order valence-electron chi connectivity index (χ4n) is 0. The van der Waals surface area contributed by atoms with Crippen LogP contribution in [0.2, 0.25) is 0 Å². The van der Waals surface area contributed by atoms with Crippen LogP contribution in [0.4, 0.5) is 0 Å². The van der Waals surface area contributed by atoms with Gasteiger partial charge in [0.05, 0.1) is 0 Å². The van der Waals surface area contributed by atoms with E-state index in [4.69, 9.17) is 0 Å². The molecule has 0 aliphatic heterocycles. The predicted octanol–water partition coefficient (Wildman–Crippen LogP) is -3.13. The van der Waals surface area contributed by atoms with E-state index in [-0.39, 0.29) is 164 Å². The molecule has 0 aromatic rings. The van der Waals surface area contributed by atoms with Crippen LogP contribution in [0.5, 0.6) is 0 Å². The van der Waals surface area contributed by atoms with Gasteiger partial charge in [-0.05, 0) is 0 Å². The van der Waals surface area contributed by atoms with Crippen molar-refractivity contribution in [3.8, 4) is 0 Å². The molecule has 0 saturated heterocycles. The molecule has 0 rings (SSSR count). The summed E-state index contributed by atoms with van der Waals surface area (Å²) in [6, 6.07) is 0. The maximum absolute atomic E-state index is 0. The summed E-state index contributed by atoms with van der Waals surface area (Å²) >= 11 is 0. The molecule has 0 fully saturated rings. The first-order valence-corrected chi connectivity index (χ1v) is 0. The Morgan fingerprint density at radius 2 is 1.00 bits per heavy atom. The van der Waals surface area contributed by atoms with Gasteiger partial charge in [-0.1, -0.05) is 0 Å². The summed E-state index contributed by atoms with van der Waals surface area (Å²) in [6.45, 7) is 0. The molecule has 0 amide bonds. The molecule has 0 radical (unpaired) electrons. The van der Waals surface area contributed by atoms with E-state index >= 15 is 0 Å². The standard InChI is InChI=1S/Ca.K.Na.Sr.6H. The second kappa shape index (κ2) is 15.8. The molecule has 0 aliphatic carbocycles. The van der Waals surface area contributed by atoms with E-state index in [0.717, 1.165) is 0 Å². The van der Waals surface area contributed by atoms with Crippen LogP contribution in [0.25, 0.3) is 0 Å². The molecule has 0 aromatic heterocycles. The molecule has 4 heavy (non-hydrogen) atoms. The van der Waals surface area contributed by atoms with Crippen LogP contribution in [0.3, 0.4) is 0 Å². The van der Waals surface area contributed by atoms with E-state index in [1.807, 2.05) is 0 Å². The van der Waals surface area contributed by atoms with Crippen LogP contribution in [0.1, 0.15) is 0 Å². The number of hydrogen-bond acceptors (Lipinski definition) is 0. The molecule has 0 nitrogen and oxygen atoms in total. The van der Waals surface area contributed by atoms with Crippen LogP contribution in [-0.4, -0.2) is 164 Å². The summed E-state index contributed by atoms with van der Waals surface area (Å²) in [6.07, 6.45) is 0. The zero-order chi connectivity index (χ0) is 0. The van der Waals surface area contributed by atoms with Crippen molar-refractivity contribution in [3.63, 3.8) is 0 Å². The normalized spacial score (nSPS) is 0. The molecule has 0 spiro atoms. The number of rotatable bonds is 0. The Morgan fingerprint density at radius 1 is 1.00 bits per heavy atom. The monoisotopic (exact) mass is 196 g/mol. The third-order valence-corrected chi connectivity index (χ3v) is 0. The molecule has 0 bridgehead atoms. The fraction of sp³-hybridized carbons (Fsp3) is 0. The van der Waals surface area contributed by atoms with Crippen molar-refractivity contribution in [1.29, 1.82) is 0 Å². The van der Waals surface area contributed by atoms with Gasteiger partial charge in [-0.3, -0.25) is 0 Å². The van der Waals surface area contributed by atoms with Gasteiger partial charge in [0.2, 0.25) is 0 Å². The van der Waals surface area contributed by atoms with Crippen molar-refractivity contribution in [1.82, 2.24) is 0 Å².